The first-order valence-corrected chi connectivity index (χ1v) is 12.4. The predicted octanol–water partition coefficient (Wildman–Crippen LogP) is 4.25. The second kappa shape index (κ2) is 7.99. The molecule has 1 atom stereocenters. The van der Waals surface area contributed by atoms with Gasteiger partial charge in [0, 0.05) is 12.1 Å². The Hall–Kier alpha value is -3.19. The standard InChI is InChI=1S/C26H28N2O4S/c1-25(2,3)19-12-14-20(15-13-19)33(31,32)27-24(30)26(4)16-17-28(26)23(29)22-11-7-9-18-8-5-6-10-21(18)22/h5-15H,16-17H2,1-4H3,(H,27,30). The van der Waals surface area contributed by atoms with Gasteiger partial charge in [0.05, 0.1) is 4.90 Å². The van der Waals surface area contributed by atoms with Gasteiger partial charge in [0.25, 0.3) is 21.8 Å². The van der Waals surface area contributed by atoms with Crippen LogP contribution in [0.4, 0.5) is 0 Å². The Kier molecular flexibility index (Phi) is 5.56. The van der Waals surface area contributed by atoms with Crippen LogP contribution in [0.2, 0.25) is 0 Å². The zero-order valence-corrected chi connectivity index (χ0v) is 20.1. The quantitative estimate of drug-likeness (QED) is 0.626. The van der Waals surface area contributed by atoms with Gasteiger partial charge in [0.2, 0.25) is 0 Å². The predicted molar refractivity (Wildman–Crippen MR) is 128 cm³/mol. The summed E-state index contributed by atoms with van der Waals surface area (Å²) >= 11 is 0. The minimum atomic E-state index is -4.07. The number of hydrogen-bond acceptors (Lipinski definition) is 4. The number of nitrogens with one attached hydrogen (secondary N) is 1. The van der Waals surface area contributed by atoms with Crippen molar-refractivity contribution in [2.45, 2.75) is 50.0 Å². The largest absolute Gasteiger partial charge is 0.324 e. The minimum absolute atomic E-state index is 0.0127. The molecule has 0 radical (unpaired) electrons. The van der Waals surface area contributed by atoms with E-state index < -0.39 is 21.5 Å². The lowest BCUT2D eigenvalue weighted by molar-refractivity contribution is -0.135. The Morgan fingerprint density at radius 1 is 0.939 bits per heavy atom. The molecule has 0 aromatic heterocycles. The zero-order valence-electron chi connectivity index (χ0n) is 19.3. The maximum Gasteiger partial charge on any atom is 0.264 e. The summed E-state index contributed by atoms with van der Waals surface area (Å²) in [6.45, 7) is 8.10. The number of fused-ring (bicyclic) bond motifs is 1. The third kappa shape index (κ3) is 4.13. The van der Waals surface area contributed by atoms with Crippen LogP contribution in [0.5, 0.6) is 0 Å². The van der Waals surface area contributed by atoms with Crippen molar-refractivity contribution in [3.8, 4) is 0 Å². The van der Waals surface area contributed by atoms with Crippen molar-refractivity contribution >= 4 is 32.6 Å². The zero-order chi connectivity index (χ0) is 24.0. The molecule has 0 aliphatic carbocycles. The molecule has 1 fully saturated rings. The molecule has 33 heavy (non-hydrogen) atoms. The van der Waals surface area contributed by atoms with E-state index >= 15 is 0 Å². The Labute approximate surface area is 194 Å². The molecule has 1 N–H and O–H groups in total. The summed E-state index contributed by atoms with van der Waals surface area (Å²) in [6, 6.07) is 19.5. The molecular formula is C26H28N2O4S. The number of sulfonamides is 1. The van der Waals surface area contributed by atoms with Crippen LogP contribution in [0.3, 0.4) is 0 Å². The highest BCUT2D eigenvalue weighted by Gasteiger charge is 2.50. The van der Waals surface area contributed by atoms with Crippen LogP contribution in [0, 0.1) is 0 Å². The Bertz CT molecular complexity index is 1340. The number of nitrogens with zero attached hydrogens (tertiary/aromatic N) is 1. The number of hydrogen-bond donors (Lipinski definition) is 1. The van der Waals surface area contributed by atoms with E-state index in [1.54, 1.807) is 31.2 Å². The highest BCUT2D eigenvalue weighted by Crippen LogP contribution is 2.34. The molecule has 3 aromatic rings. The summed E-state index contributed by atoms with van der Waals surface area (Å²) in [5.74, 6) is -0.995. The maximum atomic E-state index is 13.3. The Morgan fingerprint density at radius 2 is 1.58 bits per heavy atom. The van der Waals surface area contributed by atoms with E-state index in [0.717, 1.165) is 16.3 Å². The van der Waals surface area contributed by atoms with Crippen LogP contribution in [0.25, 0.3) is 10.8 Å². The molecule has 0 bridgehead atoms. The van der Waals surface area contributed by atoms with Gasteiger partial charge in [0.1, 0.15) is 5.54 Å². The van der Waals surface area contributed by atoms with Gasteiger partial charge in [-0.1, -0.05) is 69.3 Å². The molecule has 1 aliphatic rings. The fourth-order valence-electron chi connectivity index (χ4n) is 4.10. The molecular weight excluding hydrogens is 436 g/mol. The summed E-state index contributed by atoms with van der Waals surface area (Å²) in [6.07, 6.45) is 0.383. The van der Waals surface area contributed by atoms with Crippen LogP contribution in [-0.2, 0) is 20.2 Å². The molecule has 172 valence electrons. The number of carbonyl (C=O) groups is 2. The van der Waals surface area contributed by atoms with Gasteiger partial charge in [-0.2, -0.15) is 0 Å². The van der Waals surface area contributed by atoms with Crippen LogP contribution in [0.15, 0.2) is 71.6 Å². The Balaban J connectivity index is 1.56. The molecule has 4 rings (SSSR count). The molecule has 2 amide bonds. The molecule has 1 aliphatic heterocycles. The molecule has 0 spiro atoms. The van der Waals surface area contributed by atoms with Crippen LogP contribution >= 0.6 is 0 Å². The van der Waals surface area contributed by atoms with E-state index in [1.807, 2.05) is 51.1 Å². The second-order valence-corrected chi connectivity index (χ2v) is 11.4. The van der Waals surface area contributed by atoms with Crippen molar-refractivity contribution in [3.05, 3.63) is 77.9 Å². The van der Waals surface area contributed by atoms with Gasteiger partial charge in [-0.15, -0.1) is 0 Å². The third-order valence-corrected chi connectivity index (χ3v) is 7.78. The van der Waals surface area contributed by atoms with Gasteiger partial charge < -0.3 is 4.90 Å². The van der Waals surface area contributed by atoms with E-state index in [2.05, 4.69) is 4.72 Å². The molecule has 1 heterocycles. The van der Waals surface area contributed by atoms with Crippen LogP contribution < -0.4 is 4.72 Å². The van der Waals surface area contributed by atoms with Gasteiger partial charge in [-0.25, -0.2) is 13.1 Å². The summed E-state index contributed by atoms with van der Waals surface area (Å²) in [5.41, 5.74) is 0.123. The van der Waals surface area contributed by atoms with Crippen LogP contribution in [-0.4, -0.2) is 37.2 Å². The first-order valence-electron chi connectivity index (χ1n) is 10.9. The van der Waals surface area contributed by atoms with Gasteiger partial charge in [0.15, 0.2) is 0 Å². The molecule has 6 nitrogen and oxygen atoms in total. The average molecular weight is 465 g/mol. The number of likely N-dealkylation sites (tertiary alicyclic amines) is 1. The van der Waals surface area contributed by atoms with Crippen molar-refractivity contribution in [2.75, 3.05) is 6.54 Å². The molecule has 7 heteroatoms. The van der Waals surface area contributed by atoms with Crippen molar-refractivity contribution in [1.82, 2.24) is 9.62 Å². The molecule has 1 unspecified atom stereocenters. The number of benzene rings is 3. The van der Waals surface area contributed by atoms with Gasteiger partial charge in [-0.3, -0.25) is 9.59 Å². The maximum absolute atomic E-state index is 13.3. The minimum Gasteiger partial charge on any atom is -0.324 e. The van der Waals surface area contributed by atoms with E-state index in [9.17, 15) is 18.0 Å². The second-order valence-electron chi connectivity index (χ2n) is 9.72. The van der Waals surface area contributed by atoms with E-state index in [0.29, 0.717) is 18.5 Å². The van der Waals surface area contributed by atoms with Crippen molar-refractivity contribution in [2.24, 2.45) is 0 Å². The number of carbonyl (C=O) groups excluding carboxylic acids is 2. The lowest BCUT2D eigenvalue weighted by Crippen LogP contribution is -2.67. The lowest BCUT2D eigenvalue weighted by atomic mass is 9.84. The van der Waals surface area contributed by atoms with Gasteiger partial charge >= 0.3 is 0 Å². The average Bonchev–Trinajstić information content (AvgIpc) is 2.76. The van der Waals surface area contributed by atoms with Crippen LogP contribution in [0.1, 0.15) is 50.0 Å². The summed E-state index contributed by atoms with van der Waals surface area (Å²) in [4.78, 5) is 27.9. The van der Waals surface area contributed by atoms with Gasteiger partial charge in [-0.05, 0) is 53.3 Å². The van der Waals surface area contributed by atoms with E-state index in [1.165, 1.54) is 17.0 Å². The van der Waals surface area contributed by atoms with E-state index in [4.69, 9.17) is 0 Å². The SMILES string of the molecule is CC(C)(C)c1ccc(S(=O)(=O)NC(=O)C2(C)CCN2C(=O)c2cccc3ccccc23)cc1. The van der Waals surface area contributed by atoms with Crippen molar-refractivity contribution in [1.29, 1.82) is 0 Å². The van der Waals surface area contributed by atoms with E-state index in [-0.39, 0.29) is 16.2 Å². The van der Waals surface area contributed by atoms with Crippen molar-refractivity contribution < 1.29 is 18.0 Å². The highest BCUT2D eigenvalue weighted by molar-refractivity contribution is 7.90. The number of amides is 2. The Morgan fingerprint density at radius 3 is 2.18 bits per heavy atom. The van der Waals surface area contributed by atoms with Crippen molar-refractivity contribution in [3.63, 3.8) is 0 Å². The number of rotatable bonds is 4. The summed E-state index contributed by atoms with van der Waals surface area (Å²) < 4.78 is 27.9. The molecule has 3 aromatic carbocycles. The first kappa shape index (κ1) is 23.0. The monoisotopic (exact) mass is 464 g/mol. The normalized spacial score (nSPS) is 18.6. The molecule has 0 saturated carbocycles. The third-order valence-electron chi connectivity index (χ3n) is 6.43. The lowest BCUT2D eigenvalue weighted by Gasteiger charge is -2.48. The topological polar surface area (TPSA) is 83.6 Å². The smallest absolute Gasteiger partial charge is 0.264 e. The first-order chi connectivity index (χ1) is 15.4. The fourth-order valence-corrected chi connectivity index (χ4v) is 5.18. The molecule has 1 saturated heterocycles. The summed E-state index contributed by atoms with van der Waals surface area (Å²) in [5, 5.41) is 1.72. The highest BCUT2D eigenvalue weighted by atomic mass is 32.2. The fraction of sp³-hybridized carbons (Fsp3) is 0.308. The summed E-state index contributed by atoms with van der Waals surface area (Å²) in [7, 11) is -4.07.